The second-order valence-corrected chi connectivity index (χ2v) is 3.94. The van der Waals surface area contributed by atoms with E-state index >= 15 is 0 Å². The van der Waals surface area contributed by atoms with Crippen LogP contribution < -0.4 is 5.73 Å². The van der Waals surface area contributed by atoms with Crippen LogP contribution in [0.5, 0.6) is 0 Å². The summed E-state index contributed by atoms with van der Waals surface area (Å²) in [4.78, 5) is 0. The van der Waals surface area contributed by atoms with Gasteiger partial charge in [0.15, 0.2) is 23.3 Å². The summed E-state index contributed by atoms with van der Waals surface area (Å²) in [6, 6.07) is 0.639. The molecule has 0 radical (unpaired) electrons. The first-order chi connectivity index (χ1) is 6.81. The lowest BCUT2D eigenvalue weighted by atomic mass is 9.84. The minimum atomic E-state index is -1.80. The lowest BCUT2D eigenvalue weighted by Gasteiger charge is -2.23. The van der Waals surface area contributed by atoms with Crippen molar-refractivity contribution in [2.75, 3.05) is 6.54 Å². The lowest BCUT2D eigenvalue weighted by molar-refractivity contribution is 0.387. The third-order valence-electron chi connectivity index (χ3n) is 2.34. The summed E-state index contributed by atoms with van der Waals surface area (Å²) < 4.78 is 51.7. The summed E-state index contributed by atoms with van der Waals surface area (Å²) in [7, 11) is 0. The maximum atomic E-state index is 13.3. The molecule has 0 aromatic heterocycles. The van der Waals surface area contributed by atoms with Crippen molar-refractivity contribution in [2.45, 2.75) is 19.3 Å². The van der Waals surface area contributed by atoms with Crippen LogP contribution in [0.3, 0.4) is 0 Å². The van der Waals surface area contributed by atoms with Gasteiger partial charge in [0.05, 0.1) is 0 Å². The zero-order valence-electron chi connectivity index (χ0n) is 8.37. The van der Waals surface area contributed by atoms with Crippen LogP contribution in [-0.2, 0) is 5.41 Å². The second-order valence-electron chi connectivity index (χ2n) is 3.94. The van der Waals surface area contributed by atoms with Crippen molar-refractivity contribution in [3.05, 3.63) is 34.9 Å². The third-order valence-corrected chi connectivity index (χ3v) is 2.34. The van der Waals surface area contributed by atoms with Crippen molar-refractivity contribution in [1.29, 1.82) is 0 Å². The molecule has 84 valence electrons. The highest BCUT2D eigenvalue weighted by molar-refractivity contribution is 5.28. The van der Waals surface area contributed by atoms with Gasteiger partial charge in [-0.25, -0.2) is 17.6 Å². The van der Waals surface area contributed by atoms with Gasteiger partial charge in [-0.1, -0.05) is 13.8 Å². The molecule has 1 nitrogen and oxygen atoms in total. The van der Waals surface area contributed by atoms with E-state index in [1.54, 1.807) is 0 Å². The molecule has 0 saturated carbocycles. The second kappa shape index (κ2) is 3.81. The highest BCUT2D eigenvalue weighted by Gasteiger charge is 2.28. The first-order valence-electron chi connectivity index (χ1n) is 4.35. The fourth-order valence-corrected chi connectivity index (χ4v) is 1.18. The van der Waals surface area contributed by atoms with Crippen LogP contribution >= 0.6 is 0 Å². The zero-order valence-corrected chi connectivity index (χ0v) is 8.37. The van der Waals surface area contributed by atoms with E-state index in [-0.39, 0.29) is 12.1 Å². The van der Waals surface area contributed by atoms with E-state index in [1.807, 2.05) is 0 Å². The molecule has 0 fully saturated rings. The van der Waals surface area contributed by atoms with Crippen molar-refractivity contribution in [3.8, 4) is 0 Å². The Hall–Kier alpha value is -1.10. The van der Waals surface area contributed by atoms with Gasteiger partial charge in [0, 0.05) is 17.5 Å². The van der Waals surface area contributed by atoms with Gasteiger partial charge in [0.2, 0.25) is 0 Å². The molecule has 0 unspecified atom stereocenters. The van der Waals surface area contributed by atoms with Crippen molar-refractivity contribution in [2.24, 2.45) is 5.73 Å². The predicted octanol–water partition coefficient (Wildman–Crippen LogP) is 2.48. The summed E-state index contributed by atoms with van der Waals surface area (Å²) in [6.45, 7) is 3.03. The topological polar surface area (TPSA) is 26.0 Å². The predicted molar refractivity (Wildman–Crippen MR) is 48.4 cm³/mol. The Bertz CT molecular complexity index is 387. The van der Waals surface area contributed by atoms with Gasteiger partial charge < -0.3 is 5.73 Å². The van der Waals surface area contributed by atoms with Crippen molar-refractivity contribution < 1.29 is 17.6 Å². The normalized spacial score (nSPS) is 11.9. The van der Waals surface area contributed by atoms with Crippen molar-refractivity contribution in [3.63, 3.8) is 0 Å². The Morgan fingerprint density at radius 2 is 1.60 bits per heavy atom. The van der Waals surface area contributed by atoms with Crippen LogP contribution in [0.2, 0.25) is 0 Å². The SMILES string of the molecule is CC(C)(CN)c1cc(F)c(F)c(F)c1F. The molecule has 0 aliphatic heterocycles. The smallest absolute Gasteiger partial charge is 0.197 e. The molecule has 15 heavy (non-hydrogen) atoms. The van der Waals surface area contributed by atoms with Crippen LogP contribution in [0.1, 0.15) is 19.4 Å². The van der Waals surface area contributed by atoms with Gasteiger partial charge in [-0.15, -0.1) is 0 Å². The molecule has 0 saturated heterocycles. The summed E-state index contributed by atoms with van der Waals surface area (Å²) in [5, 5.41) is 0. The highest BCUT2D eigenvalue weighted by atomic mass is 19.2. The van der Waals surface area contributed by atoms with Crippen LogP contribution in [0.15, 0.2) is 6.07 Å². The Morgan fingerprint density at radius 1 is 1.07 bits per heavy atom. The summed E-state index contributed by atoms with van der Waals surface area (Å²) in [5.74, 6) is -6.40. The van der Waals surface area contributed by atoms with Gasteiger partial charge in [-0.3, -0.25) is 0 Å². The molecular formula is C10H11F4N. The van der Waals surface area contributed by atoms with E-state index in [0.717, 1.165) is 0 Å². The first-order valence-corrected chi connectivity index (χ1v) is 4.35. The average Bonchev–Trinajstić information content (AvgIpc) is 2.20. The minimum Gasteiger partial charge on any atom is -0.330 e. The van der Waals surface area contributed by atoms with E-state index < -0.39 is 28.7 Å². The quantitative estimate of drug-likeness (QED) is 0.463. The molecule has 0 aliphatic carbocycles. The number of hydrogen-bond donors (Lipinski definition) is 1. The van der Waals surface area contributed by atoms with E-state index in [0.29, 0.717) is 6.07 Å². The maximum Gasteiger partial charge on any atom is 0.197 e. The molecular weight excluding hydrogens is 210 g/mol. The average molecular weight is 221 g/mol. The number of hydrogen-bond acceptors (Lipinski definition) is 1. The Labute approximate surface area is 84.9 Å². The van der Waals surface area contributed by atoms with Crippen LogP contribution in [0.4, 0.5) is 17.6 Å². The summed E-state index contributed by atoms with van der Waals surface area (Å²) in [5.41, 5.74) is 4.13. The van der Waals surface area contributed by atoms with Gasteiger partial charge in [0.1, 0.15) is 0 Å². The first kappa shape index (κ1) is 12.0. The molecule has 0 amide bonds. The Balaban J connectivity index is 3.45. The molecule has 0 bridgehead atoms. The largest absolute Gasteiger partial charge is 0.330 e. The Kier molecular flexibility index (Phi) is 3.04. The van der Waals surface area contributed by atoms with Gasteiger partial charge >= 0.3 is 0 Å². The number of nitrogens with two attached hydrogens (primary N) is 1. The van der Waals surface area contributed by atoms with Crippen LogP contribution in [0, 0.1) is 23.3 Å². The summed E-state index contributed by atoms with van der Waals surface area (Å²) >= 11 is 0. The van der Waals surface area contributed by atoms with E-state index in [9.17, 15) is 17.6 Å². The zero-order chi connectivity index (χ0) is 11.8. The van der Waals surface area contributed by atoms with Gasteiger partial charge in [-0.05, 0) is 6.07 Å². The van der Waals surface area contributed by atoms with Crippen molar-refractivity contribution >= 4 is 0 Å². The van der Waals surface area contributed by atoms with Gasteiger partial charge in [0.25, 0.3) is 0 Å². The molecule has 0 aliphatic rings. The van der Waals surface area contributed by atoms with E-state index in [4.69, 9.17) is 5.73 Å². The molecule has 2 N–H and O–H groups in total. The monoisotopic (exact) mass is 221 g/mol. The molecule has 0 heterocycles. The fraction of sp³-hybridized carbons (Fsp3) is 0.400. The maximum absolute atomic E-state index is 13.3. The molecule has 1 aromatic carbocycles. The lowest BCUT2D eigenvalue weighted by Crippen LogP contribution is -2.30. The molecule has 0 spiro atoms. The van der Waals surface area contributed by atoms with Gasteiger partial charge in [-0.2, -0.15) is 0 Å². The standard InChI is InChI=1S/C10H11F4N/c1-10(2,4-15)5-3-6(11)8(13)9(14)7(5)12/h3H,4,15H2,1-2H3. The van der Waals surface area contributed by atoms with Crippen molar-refractivity contribution in [1.82, 2.24) is 0 Å². The van der Waals surface area contributed by atoms with E-state index in [1.165, 1.54) is 13.8 Å². The number of benzene rings is 1. The summed E-state index contributed by atoms with van der Waals surface area (Å²) in [6.07, 6.45) is 0. The van der Waals surface area contributed by atoms with E-state index in [2.05, 4.69) is 0 Å². The fourth-order valence-electron chi connectivity index (χ4n) is 1.18. The number of rotatable bonds is 2. The highest BCUT2D eigenvalue weighted by Crippen LogP contribution is 2.28. The third kappa shape index (κ3) is 1.97. The molecule has 0 atom stereocenters. The minimum absolute atomic E-state index is 0.00552. The Morgan fingerprint density at radius 3 is 2.07 bits per heavy atom. The molecule has 1 aromatic rings. The van der Waals surface area contributed by atoms with Crippen LogP contribution in [0.25, 0.3) is 0 Å². The molecule has 1 rings (SSSR count). The van der Waals surface area contributed by atoms with Crippen LogP contribution in [-0.4, -0.2) is 6.54 Å². The molecule has 5 heteroatoms. The number of halogens is 4.